The smallest absolute Gasteiger partial charge is 0.196 e. The maximum absolute atomic E-state index is 13.2. The largest absolute Gasteiger partial charge is 0.318 e. The zero-order chi connectivity index (χ0) is 22.4. The average Bonchev–Trinajstić information content (AvgIpc) is 3.33. The van der Waals surface area contributed by atoms with Gasteiger partial charge in [-0.05, 0) is 63.6 Å². The number of ketones is 1. The Morgan fingerprint density at radius 1 is 0.938 bits per heavy atom. The highest BCUT2D eigenvalue weighted by molar-refractivity contribution is 7.99. The van der Waals surface area contributed by atoms with E-state index >= 15 is 0 Å². The van der Waals surface area contributed by atoms with Crippen molar-refractivity contribution in [3.63, 3.8) is 0 Å². The summed E-state index contributed by atoms with van der Waals surface area (Å²) in [4.78, 5) is 13.2. The lowest BCUT2D eigenvalue weighted by Crippen LogP contribution is -2.06. The van der Waals surface area contributed by atoms with Crippen molar-refractivity contribution in [3.05, 3.63) is 88.7 Å². The molecule has 0 spiro atoms. The van der Waals surface area contributed by atoms with Crippen molar-refractivity contribution in [2.24, 2.45) is 0 Å². The first-order chi connectivity index (χ1) is 15.4. The number of fused-ring (bicyclic) bond motifs is 3. The third-order valence-electron chi connectivity index (χ3n) is 5.93. The van der Waals surface area contributed by atoms with Crippen LogP contribution in [-0.4, -0.2) is 30.7 Å². The summed E-state index contributed by atoms with van der Waals surface area (Å²) in [6.45, 7) is 8.20. The lowest BCUT2D eigenvalue weighted by molar-refractivity contribution is 0.102. The van der Waals surface area contributed by atoms with Crippen LogP contribution in [0, 0.1) is 27.7 Å². The molecule has 160 valence electrons. The lowest BCUT2D eigenvalue weighted by Gasteiger charge is -2.10. The molecule has 3 heterocycles. The Kier molecular flexibility index (Phi) is 5.10. The number of hydrogen-bond donors (Lipinski definition) is 0. The van der Waals surface area contributed by atoms with Crippen molar-refractivity contribution in [1.82, 2.24) is 19.2 Å². The van der Waals surface area contributed by atoms with Gasteiger partial charge in [-0.1, -0.05) is 47.7 Å². The van der Waals surface area contributed by atoms with Gasteiger partial charge < -0.3 is 4.57 Å². The fraction of sp³-hybridized carbons (Fsp3) is 0.192. The number of rotatable bonds is 5. The average molecular weight is 441 g/mol. The highest BCUT2D eigenvalue weighted by atomic mass is 32.2. The minimum Gasteiger partial charge on any atom is -0.318 e. The second kappa shape index (κ2) is 7.95. The summed E-state index contributed by atoms with van der Waals surface area (Å²) < 4.78 is 4.18. The zero-order valence-corrected chi connectivity index (χ0v) is 19.4. The summed E-state index contributed by atoms with van der Waals surface area (Å²) in [5, 5.41) is 10.6. The Balaban J connectivity index is 1.45. The fourth-order valence-corrected chi connectivity index (χ4v) is 5.15. The van der Waals surface area contributed by atoms with Gasteiger partial charge in [0.2, 0.25) is 0 Å². The predicted octanol–water partition coefficient (Wildman–Crippen LogP) is 5.88. The van der Waals surface area contributed by atoms with Crippen LogP contribution in [0.15, 0.2) is 65.8 Å². The number of hydrogen-bond acceptors (Lipinski definition) is 4. The van der Waals surface area contributed by atoms with Crippen LogP contribution in [0.4, 0.5) is 0 Å². The Labute approximate surface area is 191 Å². The van der Waals surface area contributed by atoms with Crippen LogP contribution < -0.4 is 0 Å². The van der Waals surface area contributed by atoms with Gasteiger partial charge in [0, 0.05) is 28.0 Å². The van der Waals surface area contributed by atoms with E-state index in [2.05, 4.69) is 65.0 Å². The predicted molar refractivity (Wildman–Crippen MR) is 130 cm³/mol. The van der Waals surface area contributed by atoms with Crippen LogP contribution in [0.5, 0.6) is 0 Å². The molecule has 6 heteroatoms. The van der Waals surface area contributed by atoms with E-state index in [1.54, 1.807) is 0 Å². The van der Waals surface area contributed by atoms with Gasteiger partial charge in [0.15, 0.2) is 16.6 Å². The molecule has 32 heavy (non-hydrogen) atoms. The van der Waals surface area contributed by atoms with E-state index in [0.717, 1.165) is 49.9 Å². The highest BCUT2D eigenvalue weighted by Crippen LogP contribution is 2.27. The van der Waals surface area contributed by atoms with Gasteiger partial charge in [-0.15, -0.1) is 10.2 Å². The van der Waals surface area contributed by atoms with Gasteiger partial charge >= 0.3 is 0 Å². The summed E-state index contributed by atoms with van der Waals surface area (Å²) in [5.74, 6) is 0.399. The van der Waals surface area contributed by atoms with Gasteiger partial charge in [0.1, 0.15) is 0 Å². The number of nitrogens with zero attached hydrogens (tertiary/aromatic N) is 4. The molecule has 0 saturated carbocycles. The summed E-state index contributed by atoms with van der Waals surface area (Å²) in [6.07, 6.45) is 0. The Bertz CT molecular complexity index is 1480. The van der Waals surface area contributed by atoms with E-state index in [9.17, 15) is 4.79 Å². The summed E-state index contributed by atoms with van der Waals surface area (Å²) in [6, 6.07) is 20.6. The van der Waals surface area contributed by atoms with Crippen LogP contribution in [0.3, 0.4) is 0 Å². The molecule has 0 fully saturated rings. The van der Waals surface area contributed by atoms with E-state index in [-0.39, 0.29) is 5.78 Å². The van der Waals surface area contributed by atoms with E-state index in [1.807, 2.05) is 42.5 Å². The SMILES string of the molecule is Cc1ccc(-n2c(C)cc(C(=O)CSc3nnc4cc(C)c5ccccc5n34)c2C)cc1. The number of carbonyl (C=O) groups excluding carboxylic acids is 1. The second-order valence-electron chi connectivity index (χ2n) is 8.19. The number of thioether (sulfide) groups is 1. The van der Waals surface area contributed by atoms with Gasteiger partial charge in [-0.3, -0.25) is 9.20 Å². The number of benzene rings is 2. The van der Waals surface area contributed by atoms with Gasteiger partial charge in [0.05, 0.1) is 11.3 Å². The number of carbonyl (C=O) groups is 1. The second-order valence-corrected chi connectivity index (χ2v) is 9.13. The molecule has 0 aliphatic rings. The monoisotopic (exact) mass is 440 g/mol. The Hall–Kier alpha value is -3.38. The molecule has 5 nitrogen and oxygen atoms in total. The molecule has 0 saturated heterocycles. The lowest BCUT2D eigenvalue weighted by atomic mass is 10.1. The normalized spacial score (nSPS) is 11.5. The number of Topliss-reactive ketones (excluding diaryl/α,β-unsaturated/α-hetero) is 1. The minimum atomic E-state index is 0.0922. The van der Waals surface area contributed by atoms with Crippen molar-refractivity contribution in [3.8, 4) is 5.69 Å². The maximum atomic E-state index is 13.2. The van der Waals surface area contributed by atoms with Gasteiger partial charge in [0.25, 0.3) is 0 Å². The third kappa shape index (κ3) is 3.41. The molecule has 0 atom stereocenters. The van der Waals surface area contributed by atoms with Crippen molar-refractivity contribution in [2.45, 2.75) is 32.9 Å². The number of pyridine rings is 1. The molecule has 0 radical (unpaired) electrons. The minimum absolute atomic E-state index is 0.0922. The molecule has 5 aromatic rings. The Morgan fingerprint density at radius 3 is 2.47 bits per heavy atom. The molecule has 0 aliphatic carbocycles. The summed E-state index contributed by atoms with van der Waals surface area (Å²) >= 11 is 1.43. The molecule has 2 aromatic carbocycles. The van der Waals surface area contributed by atoms with Crippen LogP contribution in [0.1, 0.15) is 32.9 Å². The van der Waals surface area contributed by atoms with Crippen LogP contribution in [0.25, 0.3) is 22.2 Å². The maximum Gasteiger partial charge on any atom is 0.196 e. The van der Waals surface area contributed by atoms with E-state index < -0.39 is 0 Å². The zero-order valence-electron chi connectivity index (χ0n) is 18.6. The topological polar surface area (TPSA) is 52.2 Å². The molecule has 0 amide bonds. The first kappa shape index (κ1) is 20.5. The quantitative estimate of drug-likeness (QED) is 0.253. The van der Waals surface area contributed by atoms with Crippen molar-refractivity contribution in [2.75, 3.05) is 5.75 Å². The highest BCUT2D eigenvalue weighted by Gasteiger charge is 2.19. The molecule has 0 aliphatic heterocycles. The van der Waals surface area contributed by atoms with E-state index in [0.29, 0.717) is 5.75 Å². The third-order valence-corrected chi connectivity index (χ3v) is 6.86. The molecule has 0 bridgehead atoms. The number of aromatic nitrogens is 4. The van der Waals surface area contributed by atoms with E-state index in [4.69, 9.17) is 0 Å². The van der Waals surface area contributed by atoms with Gasteiger partial charge in [-0.25, -0.2) is 0 Å². The molecular weight excluding hydrogens is 416 g/mol. The summed E-state index contributed by atoms with van der Waals surface area (Å²) in [7, 11) is 0. The van der Waals surface area contributed by atoms with Crippen LogP contribution in [0.2, 0.25) is 0 Å². The van der Waals surface area contributed by atoms with Crippen LogP contribution in [-0.2, 0) is 0 Å². The van der Waals surface area contributed by atoms with Crippen molar-refractivity contribution in [1.29, 1.82) is 0 Å². The molecule has 0 unspecified atom stereocenters. The number of aryl methyl sites for hydroxylation is 3. The Morgan fingerprint density at radius 2 is 1.69 bits per heavy atom. The van der Waals surface area contributed by atoms with Gasteiger partial charge in [-0.2, -0.15) is 0 Å². The first-order valence-electron chi connectivity index (χ1n) is 10.6. The molecular formula is C26H24N4OS. The number of para-hydroxylation sites is 1. The molecule has 5 rings (SSSR count). The molecule has 3 aromatic heterocycles. The first-order valence-corrected chi connectivity index (χ1v) is 11.6. The molecule has 0 N–H and O–H groups in total. The standard InChI is InChI=1S/C26H24N4OS/c1-16-9-11-20(12-10-16)29-18(3)14-22(19(29)4)24(31)15-32-26-28-27-25-13-17(2)21-7-5-6-8-23(21)30(25)26/h5-14H,15H2,1-4H3. The summed E-state index contributed by atoms with van der Waals surface area (Å²) in [5.41, 5.74) is 8.07. The van der Waals surface area contributed by atoms with E-state index in [1.165, 1.54) is 17.3 Å². The van der Waals surface area contributed by atoms with Crippen LogP contribution >= 0.6 is 11.8 Å². The fourth-order valence-electron chi connectivity index (χ4n) is 4.31. The van der Waals surface area contributed by atoms with Crippen molar-refractivity contribution >= 4 is 34.1 Å². The van der Waals surface area contributed by atoms with Crippen molar-refractivity contribution < 1.29 is 4.79 Å².